The van der Waals surface area contributed by atoms with Crippen LogP contribution in [0, 0.1) is 5.82 Å². The normalized spacial score (nSPS) is 14.0. The van der Waals surface area contributed by atoms with Crippen molar-refractivity contribution in [3.05, 3.63) is 34.1 Å². The predicted molar refractivity (Wildman–Crippen MR) is 52.0 cm³/mol. The van der Waals surface area contributed by atoms with Crippen molar-refractivity contribution in [3.63, 3.8) is 0 Å². The van der Waals surface area contributed by atoms with E-state index < -0.39 is 18.0 Å². The molecule has 1 aromatic rings. The SMILES string of the molecule is CNC(c1ccc(F)c(Br)c1)C(F)(F)F. The number of nitrogens with one attached hydrogen (secondary N) is 1. The van der Waals surface area contributed by atoms with E-state index in [1.807, 2.05) is 0 Å². The maximum Gasteiger partial charge on any atom is 0.407 e. The number of benzene rings is 1. The first-order valence-electron chi connectivity index (χ1n) is 4.05. The maximum absolute atomic E-state index is 12.8. The Bertz CT molecular complexity index is 350. The van der Waals surface area contributed by atoms with Gasteiger partial charge in [0.05, 0.1) is 4.47 Å². The van der Waals surface area contributed by atoms with Gasteiger partial charge >= 0.3 is 6.18 Å². The minimum atomic E-state index is -4.40. The van der Waals surface area contributed by atoms with Crippen LogP contribution in [0.3, 0.4) is 0 Å². The Morgan fingerprint density at radius 1 is 1.33 bits per heavy atom. The summed E-state index contributed by atoms with van der Waals surface area (Å²) in [4.78, 5) is 0. The highest BCUT2D eigenvalue weighted by Gasteiger charge is 2.39. The van der Waals surface area contributed by atoms with Crippen molar-refractivity contribution in [2.45, 2.75) is 12.2 Å². The standard InChI is InChI=1S/C9H8BrF4N/c1-15-8(9(12,13)14)5-2-3-7(11)6(10)4-5/h2-4,8,15H,1H3. The average Bonchev–Trinajstić information content (AvgIpc) is 2.10. The number of hydrogen-bond acceptors (Lipinski definition) is 1. The molecule has 0 saturated carbocycles. The Morgan fingerprint density at radius 2 is 1.93 bits per heavy atom. The molecular weight excluding hydrogens is 278 g/mol. The van der Waals surface area contributed by atoms with Crippen LogP contribution in [0.4, 0.5) is 17.6 Å². The molecule has 0 aliphatic heterocycles. The monoisotopic (exact) mass is 285 g/mol. The molecule has 1 N–H and O–H groups in total. The third-order valence-electron chi connectivity index (χ3n) is 1.89. The lowest BCUT2D eigenvalue weighted by molar-refractivity contribution is -0.156. The first-order chi connectivity index (χ1) is 6.86. The molecule has 0 amide bonds. The van der Waals surface area contributed by atoms with E-state index in [1.54, 1.807) is 0 Å². The van der Waals surface area contributed by atoms with Gasteiger partial charge in [-0.05, 0) is 40.7 Å². The molecule has 1 aromatic carbocycles. The first kappa shape index (κ1) is 12.4. The van der Waals surface area contributed by atoms with Crippen LogP contribution in [0.2, 0.25) is 0 Å². The van der Waals surface area contributed by atoms with Gasteiger partial charge in [0, 0.05) is 0 Å². The summed E-state index contributed by atoms with van der Waals surface area (Å²) in [6.07, 6.45) is -4.40. The second-order valence-corrected chi connectivity index (χ2v) is 3.79. The van der Waals surface area contributed by atoms with Gasteiger partial charge in [-0.2, -0.15) is 13.2 Å². The molecule has 1 rings (SSSR count). The third kappa shape index (κ3) is 2.92. The number of alkyl halides is 3. The van der Waals surface area contributed by atoms with E-state index in [-0.39, 0.29) is 10.0 Å². The molecule has 0 aliphatic carbocycles. The van der Waals surface area contributed by atoms with Gasteiger partial charge in [0.1, 0.15) is 11.9 Å². The zero-order chi connectivity index (χ0) is 11.6. The van der Waals surface area contributed by atoms with Crippen LogP contribution >= 0.6 is 15.9 Å². The van der Waals surface area contributed by atoms with Crippen molar-refractivity contribution >= 4 is 15.9 Å². The van der Waals surface area contributed by atoms with Gasteiger partial charge in [0.25, 0.3) is 0 Å². The number of hydrogen-bond donors (Lipinski definition) is 1. The number of halogens is 5. The van der Waals surface area contributed by atoms with E-state index in [9.17, 15) is 17.6 Å². The van der Waals surface area contributed by atoms with Crippen LogP contribution in [-0.2, 0) is 0 Å². The molecular formula is C9H8BrF4N. The molecule has 1 unspecified atom stereocenters. The van der Waals surface area contributed by atoms with Crippen molar-refractivity contribution in [2.75, 3.05) is 7.05 Å². The van der Waals surface area contributed by atoms with Gasteiger partial charge in [-0.1, -0.05) is 6.07 Å². The summed E-state index contributed by atoms with van der Waals surface area (Å²) in [6, 6.07) is 1.43. The highest BCUT2D eigenvalue weighted by molar-refractivity contribution is 9.10. The van der Waals surface area contributed by atoms with E-state index in [2.05, 4.69) is 21.2 Å². The molecule has 0 spiro atoms. The van der Waals surface area contributed by atoms with Gasteiger partial charge in [-0.3, -0.25) is 0 Å². The smallest absolute Gasteiger partial charge is 0.306 e. The lowest BCUT2D eigenvalue weighted by Crippen LogP contribution is -2.31. The highest BCUT2D eigenvalue weighted by atomic mass is 79.9. The van der Waals surface area contributed by atoms with Crippen molar-refractivity contribution in [1.82, 2.24) is 5.32 Å². The summed E-state index contributed by atoms with van der Waals surface area (Å²) in [5.41, 5.74) is -0.0294. The molecule has 0 radical (unpaired) electrons. The minimum absolute atomic E-state index is 0.0181. The third-order valence-corrected chi connectivity index (χ3v) is 2.50. The van der Waals surface area contributed by atoms with Gasteiger partial charge in [0.15, 0.2) is 0 Å². The lowest BCUT2D eigenvalue weighted by atomic mass is 10.1. The molecule has 6 heteroatoms. The highest BCUT2D eigenvalue weighted by Crippen LogP contribution is 2.33. The summed E-state index contributed by atoms with van der Waals surface area (Å²) < 4.78 is 50.2. The Balaban J connectivity index is 3.08. The fraction of sp³-hybridized carbons (Fsp3) is 0.333. The van der Waals surface area contributed by atoms with Crippen LogP contribution < -0.4 is 5.32 Å². The van der Waals surface area contributed by atoms with Crippen molar-refractivity contribution in [1.29, 1.82) is 0 Å². The van der Waals surface area contributed by atoms with Crippen LogP contribution in [-0.4, -0.2) is 13.2 Å². The topological polar surface area (TPSA) is 12.0 Å². The zero-order valence-electron chi connectivity index (χ0n) is 7.70. The second kappa shape index (κ2) is 4.49. The van der Waals surface area contributed by atoms with Gasteiger partial charge in [-0.15, -0.1) is 0 Å². The summed E-state index contributed by atoms with van der Waals surface area (Å²) in [7, 11) is 1.20. The first-order valence-corrected chi connectivity index (χ1v) is 4.84. The van der Waals surface area contributed by atoms with Crippen molar-refractivity contribution in [3.8, 4) is 0 Å². The molecule has 0 saturated heterocycles. The molecule has 0 aromatic heterocycles. The largest absolute Gasteiger partial charge is 0.407 e. The van der Waals surface area contributed by atoms with Crippen LogP contribution in [0.1, 0.15) is 11.6 Å². The Hall–Kier alpha value is -0.620. The molecule has 0 fully saturated rings. The summed E-state index contributed by atoms with van der Waals surface area (Å²) in [6.45, 7) is 0. The Kier molecular flexibility index (Phi) is 3.72. The van der Waals surface area contributed by atoms with E-state index in [4.69, 9.17) is 0 Å². The molecule has 0 aliphatic rings. The van der Waals surface area contributed by atoms with Gasteiger partial charge < -0.3 is 5.32 Å². The van der Waals surface area contributed by atoms with E-state index in [0.29, 0.717) is 0 Å². The van der Waals surface area contributed by atoms with E-state index in [1.165, 1.54) is 7.05 Å². The Labute approximate surface area is 92.6 Å². The van der Waals surface area contributed by atoms with Crippen LogP contribution in [0.25, 0.3) is 0 Å². The van der Waals surface area contributed by atoms with Crippen LogP contribution in [0.5, 0.6) is 0 Å². The van der Waals surface area contributed by atoms with E-state index in [0.717, 1.165) is 18.2 Å². The van der Waals surface area contributed by atoms with Crippen molar-refractivity contribution < 1.29 is 17.6 Å². The second-order valence-electron chi connectivity index (χ2n) is 2.94. The van der Waals surface area contributed by atoms with Gasteiger partial charge in [0.2, 0.25) is 0 Å². The molecule has 0 bridgehead atoms. The predicted octanol–water partition coefficient (Wildman–Crippen LogP) is 3.41. The van der Waals surface area contributed by atoms with Gasteiger partial charge in [-0.25, -0.2) is 4.39 Å². The molecule has 1 nitrogen and oxygen atoms in total. The summed E-state index contributed by atoms with van der Waals surface area (Å²) in [5.74, 6) is -0.587. The fourth-order valence-electron chi connectivity index (χ4n) is 1.21. The van der Waals surface area contributed by atoms with Crippen molar-refractivity contribution in [2.24, 2.45) is 0 Å². The summed E-state index contributed by atoms with van der Waals surface area (Å²) in [5, 5.41) is 2.14. The average molecular weight is 286 g/mol. The molecule has 15 heavy (non-hydrogen) atoms. The lowest BCUT2D eigenvalue weighted by Gasteiger charge is -2.20. The summed E-state index contributed by atoms with van der Waals surface area (Å²) >= 11 is 2.84. The Morgan fingerprint density at radius 3 is 2.33 bits per heavy atom. The molecule has 1 atom stereocenters. The zero-order valence-corrected chi connectivity index (χ0v) is 9.29. The molecule has 84 valence electrons. The number of rotatable bonds is 2. The molecule has 0 heterocycles. The van der Waals surface area contributed by atoms with Crippen LogP contribution in [0.15, 0.2) is 22.7 Å². The van der Waals surface area contributed by atoms with E-state index >= 15 is 0 Å². The maximum atomic E-state index is 12.8. The minimum Gasteiger partial charge on any atom is -0.306 e. The fourth-order valence-corrected chi connectivity index (χ4v) is 1.61. The quantitative estimate of drug-likeness (QED) is 0.821.